The standard InChI is InChI=1S/C11H19NO/c1-4-12-10(3)5-6-11-9(2)7-8-13-11/h7-8,10,12H,4-6H2,1-3H3. The van der Waals surface area contributed by atoms with Gasteiger partial charge < -0.3 is 9.73 Å². The number of rotatable bonds is 5. The van der Waals surface area contributed by atoms with Gasteiger partial charge in [-0.25, -0.2) is 0 Å². The van der Waals surface area contributed by atoms with Crippen LogP contribution >= 0.6 is 0 Å². The molecule has 1 heterocycles. The van der Waals surface area contributed by atoms with E-state index >= 15 is 0 Å². The zero-order chi connectivity index (χ0) is 9.68. The first kappa shape index (κ1) is 10.3. The molecule has 74 valence electrons. The van der Waals surface area contributed by atoms with Gasteiger partial charge in [0.25, 0.3) is 0 Å². The number of hydrogen-bond donors (Lipinski definition) is 1. The van der Waals surface area contributed by atoms with Crippen molar-refractivity contribution < 1.29 is 4.42 Å². The van der Waals surface area contributed by atoms with Crippen molar-refractivity contribution >= 4 is 0 Å². The van der Waals surface area contributed by atoms with E-state index in [2.05, 4.69) is 26.1 Å². The minimum absolute atomic E-state index is 0.578. The lowest BCUT2D eigenvalue weighted by Gasteiger charge is -2.10. The van der Waals surface area contributed by atoms with Gasteiger partial charge in [-0.15, -0.1) is 0 Å². The van der Waals surface area contributed by atoms with Crippen molar-refractivity contribution in [3.05, 3.63) is 23.7 Å². The van der Waals surface area contributed by atoms with Crippen molar-refractivity contribution in [3.8, 4) is 0 Å². The first-order valence-electron chi connectivity index (χ1n) is 5.00. The number of nitrogens with one attached hydrogen (secondary N) is 1. The van der Waals surface area contributed by atoms with E-state index in [0.29, 0.717) is 6.04 Å². The van der Waals surface area contributed by atoms with Crippen LogP contribution < -0.4 is 5.32 Å². The van der Waals surface area contributed by atoms with Gasteiger partial charge in [-0.05, 0) is 38.4 Å². The summed E-state index contributed by atoms with van der Waals surface area (Å²) in [6.07, 6.45) is 3.94. The van der Waals surface area contributed by atoms with E-state index in [1.807, 2.05) is 6.07 Å². The van der Waals surface area contributed by atoms with E-state index in [9.17, 15) is 0 Å². The molecule has 0 spiro atoms. The minimum atomic E-state index is 0.578. The first-order valence-corrected chi connectivity index (χ1v) is 5.00. The van der Waals surface area contributed by atoms with Gasteiger partial charge in [0, 0.05) is 12.5 Å². The van der Waals surface area contributed by atoms with Gasteiger partial charge in [-0.2, -0.15) is 0 Å². The third kappa shape index (κ3) is 3.23. The molecule has 1 aromatic rings. The third-order valence-electron chi connectivity index (χ3n) is 2.33. The Labute approximate surface area is 80.3 Å². The molecule has 1 unspecified atom stereocenters. The Morgan fingerprint density at radius 2 is 2.31 bits per heavy atom. The summed E-state index contributed by atoms with van der Waals surface area (Å²) in [6, 6.07) is 2.60. The largest absolute Gasteiger partial charge is 0.469 e. The highest BCUT2D eigenvalue weighted by Crippen LogP contribution is 2.11. The third-order valence-corrected chi connectivity index (χ3v) is 2.33. The second kappa shape index (κ2) is 5.07. The van der Waals surface area contributed by atoms with E-state index < -0.39 is 0 Å². The van der Waals surface area contributed by atoms with Crippen LogP contribution in [0.2, 0.25) is 0 Å². The van der Waals surface area contributed by atoms with Crippen LogP contribution in [0.4, 0.5) is 0 Å². The quantitative estimate of drug-likeness (QED) is 0.755. The second-order valence-corrected chi connectivity index (χ2v) is 3.52. The Morgan fingerprint density at radius 3 is 2.85 bits per heavy atom. The normalized spacial score (nSPS) is 13.2. The molecular weight excluding hydrogens is 162 g/mol. The predicted molar refractivity (Wildman–Crippen MR) is 54.9 cm³/mol. The molecule has 1 aromatic heterocycles. The lowest BCUT2D eigenvalue weighted by atomic mass is 10.1. The maximum absolute atomic E-state index is 5.37. The SMILES string of the molecule is CCNC(C)CCc1occc1C. The fraction of sp³-hybridized carbons (Fsp3) is 0.636. The second-order valence-electron chi connectivity index (χ2n) is 3.52. The summed E-state index contributed by atoms with van der Waals surface area (Å²) >= 11 is 0. The molecule has 0 aliphatic carbocycles. The molecule has 0 fully saturated rings. The molecule has 0 amide bonds. The number of furan rings is 1. The maximum atomic E-state index is 5.37. The molecule has 1 N–H and O–H groups in total. The fourth-order valence-electron chi connectivity index (χ4n) is 1.46. The van der Waals surface area contributed by atoms with Crippen LogP contribution in [0.1, 0.15) is 31.6 Å². The van der Waals surface area contributed by atoms with Crippen LogP contribution in [-0.2, 0) is 6.42 Å². The fourth-order valence-corrected chi connectivity index (χ4v) is 1.46. The summed E-state index contributed by atoms with van der Waals surface area (Å²) in [4.78, 5) is 0. The van der Waals surface area contributed by atoms with Crippen LogP contribution in [0.5, 0.6) is 0 Å². The van der Waals surface area contributed by atoms with E-state index in [0.717, 1.165) is 25.1 Å². The summed E-state index contributed by atoms with van der Waals surface area (Å²) < 4.78 is 5.37. The lowest BCUT2D eigenvalue weighted by Crippen LogP contribution is -2.25. The number of hydrogen-bond acceptors (Lipinski definition) is 2. The van der Waals surface area contributed by atoms with Crippen molar-refractivity contribution in [2.45, 2.75) is 39.7 Å². The Morgan fingerprint density at radius 1 is 1.54 bits per heavy atom. The first-order chi connectivity index (χ1) is 6.24. The van der Waals surface area contributed by atoms with Gasteiger partial charge in [0.15, 0.2) is 0 Å². The Hall–Kier alpha value is -0.760. The molecule has 0 radical (unpaired) electrons. The van der Waals surface area contributed by atoms with Gasteiger partial charge in [0.05, 0.1) is 6.26 Å². The van der Waals surface area contributed by atoms with E-state index in [4.69, 9.17) is 4.42 Å². The van der Waals surface area contributed by atoms with Gasteiger partial charge in [-0.3, -0.25) is 0 Å². The highest BCUT2D eigenvalue weighted by Gasteiger charge is 2.04. The molecule has 1 atom stereocenters. The summed E-state index contributed by atoms with van der Waals surface area (Å²) in [5.41, 5.74) is 1.27. The number of aryl methyl sites for hydroxylation is 2. The molecule has 0 saturated carbocycles. The van der Waals surface area contributed by atoms with Crippen LogP contribution in [-0.4, -0.2) is 12.6 Å². The maximum Gasteiger partial charge on any atom is 0.106 e. The average molecular weight is 181 g/mol. The van der Waals surface area contributed by atoms with E-state index in [1.54, 1.807) is 6.26 Å². The van der Waals surface area contributed by atoms with Gasteiger partial charge in [-0.1, -0.05) is 6.92 Å². The monoisotopic (exact) mass is 181 g/mol. The van der Waals surface area contributed by atoms with Gasteiger partial charge >= 0.3 is 0 Å². The van der Waals surface area contributed by atoms with E-state index in [-0.39, 0.29) is 0 Å². The molecular formula is C11H19NO. The van der Waals surface area contributed by atoms with Crippen molar-refractivity contribution in [2.75, 3.05) is 6.54 Å². The molecule has 1 rings (SSSR count). The van der Waals surface area contributed by atoms with Crippen LogP contribution in [0, 0.1) is 6.92 Å². The Kier molecular flexibility index (Phi) is 4.03. The minimum Gasteiger partial charge on any atom is -0.469 e. The average Bonchev–Trinajstić information content (AvgIpc) is 2.48. The zero-order valence-electron chi connectivity index (χ0n) is 8.76. The molecule has 0 aliphatic heterocycles. The van der Waals surface area contributed by atoms with Gasteiger partial charge in [0.1, 0.15) is 5.76 Å². The molecule has 2 nitrogen and oxygen atoms in total. The molecule has 0 aromatic carbocycles. The molecule has 0 aliphatic rings. The summed E-state index contributed by atoms with van der Waals surface area (Å²) in [5.74, 6) is 1.13. The van der Waals surface area contributed by atoms with Crippen molar-refractivity contribution in [1.82, 2.24) is 5.32 Å². The highest BCUT2D eigenvalue weighted by molar-refractivity contribution is 5.14. The van der Waals surface area contributed by atoms with Crippen LogP contribution in [0.15, 0.2) is 16.7 Å². The Bertz CT molecular complexity index is 242. The van der Waals surface area contributed by atoms with Crippen LogP contribution in [0.25, 0.3) is 0 Å². The Balaban J connectivity index is 2.30. The topological polar surface area (TPSA) is 25.2 Å². The summed E-state index contributed by atoms with van der Waals surface area (Å²) in [6.45, 7) is 7.48. The summed E-state index contributed by atoms with van der Waals surface area (Å²) in [7, 11) is 0. The van der Waals surface area contributed by atoms with Crippen molar-refractivity contribution in [1.29, 1.82) is 0 Å². The molecule has 0 bridgehead atoms. The molecule has 2 heteroatoms. The highest BCUT2D eigenvalue weighted by atomic mass is 16.3. The van der Waals surface area contributed by atoms with Crippen LogP contribution in [0.3, 0.4) is 0 Å². The summed E-state index contributed by atoms with van der Waals surface area (Å²) in [5, 5.41) is 3.39. The smallest absolute Gasteiger partial charge is 0.106 e. The van der Waals surface area contributed by atoms with E-state index in [1.165, 1.54) is 5.56 Å². The van der Waals surface area contributed by atoms with Crippen molar-refractivity contribution in [3.63, 3.8) is 0 Å². The predicted octanol–water partition coefficient (Wildman–Crippen LogP) is 2.52. The zero-order valence-corrected chi connectivity index (χ0v) is 8.76. The molecule has 13 heavy (non-hydrogen) atoms. The molecule has 0 saturated heterocycles. The van der Waals surface area contributed by atoms with Crippen molar-refractivity contribution in [2.24, 2.45) is 0 Å². The van der Waals surface area contributed by atoms with Gasteiger partial charge in [0.2, 0.25) is 0 Å². The lowest BCUT2D eigenvalue weighted by molar-refractivity contribution is 0.464.